The number of nitrogens with one attached hydrogen (secondary N) is 1. The zero-order valence-electron chi connectivity index (χ0n) is 11.3. The molecule has 0 radical (unpaired) electrons. The summed E-state index contributed by atoms with van der Waals surface area (Å²) in [4.78, 5) is 10.3. The fourth-order valence-electron chi connectivity index (χ4n) is 2.11. The van der Waals surface area contributed by atoms with Gasteiger partial charge in [-0.3, -0.25) is 4.90 Å². The second-order valence-electron chi connectivity index (χ2n) is 5.20. The first-order chi connectivity index (χ1) is 8.97. The van der Waals surface area contributed by atoms with Gasteiger partial charge in [-0.05, 0) is 13.8 Å². The molecule has 0 aliphatic carbocycles. The third-order valence-corrected chi connectivity index (χ3v) is 3.48. The monoisotopic (exact) mass is 285 g/mol. The van der Waals surface area contributed by atoms with Gasteiger partial charge in [0.25, 0.3) is 0 Å². The van der Waals surface area contributed by atoms with Gasteiger partial charge < -0.3 is 15.8 Å². The quantitative estimate of drug-likeness (QED) is 0.811. The van der Waals surface area contributed by atoms with E-state index in [1.807, 2.05) is 0 Å². The molecular formula is C12H20ClN5O. The van der Waals surface area contributed by atoms with Crippen LogP contribution in [-0.2, 0) is 4.74 Å². The molecule has 0 bridgehead atoms. The van der Waals surface area contributed by atoms with Crippen molar-refractivity contribution in [3.63, 3.8) is 0 Å². The molecule has 0 saturated carbocycles. The number of morpholine rings is 1. The van der Waals surface area contributed by atoms with Gasteiger partial charge in [0.1, 0.15) is 11.0 Å². The van der Waals surface area contributed by atoms with E-state index in [0.717, 1.165) is 32.8 Å². The summed E-state index contributed by atoms with van der Waals surface area (Å²) >= 11 is 5.85. The van der Waals surface area contributed by atoms with Gasteiger partial charge in [-0.25, -0.2) is 4.98 Å². The fraction of sp³-hybridized carbons (Fsp3) is 0.667. The average Bonchev–Trinajstić information content (AvgIpc) is 2.37. The van der Waals surface area contributed by atoms with Crippen LogP contribution in [0.4, 0.5) is 11.8 Å². The fourth-order valence-corrected chi connectivity index (χ4v) is 2.30. The summed E-state index contributed by atoms with van der Waals surface area (Å²) < 4.78 is 5.37. The van der Waals surface area contributed by atoms with Gasteiger partial charge in [0.2, 0.25) is 5.95 Å². The first-order valence-electron chi connectivity index (χ1n) is 6.34. The van der Waals surface area contributed by atoms with E-state index in [9.17, 15) is 0 Å². The Morgan fingerprint density at radius 1 is 1.42 bits per heavy atom. The maximum atomic E-state index is 5.85. The number of nitrogens with two attached hydrogens (primary N) is 1. The lowest BCUT2D eigenvalue weighted by Crippen LogP contribution is -2.53. The van der Waals surface area contributed by atoms with Crippen molar-refractivity contribution >= 4 is 23.4 Å². The van der Waals surface area contributed by atoms with Crippen LogP contribution in [0.2, 0.25) is 5.15 Å². The van der Waals surface area contributed by atoms with Crippen molar-refractivity contribution in [3.05, 3.63) is 11.2 Å². The van der Waals surface area contributed by atoms with Crippen LogP contribution in [0.5, 0.6) is 0 Å². The van der Waals surface area contributed by atoms with Crippen molar-refractivity contribution in [1.82, 2.24) is 14.9 Å². The predicted octanol–water partition coefficient (Wildman–Crippen LogP) is 1.23. The molecule has 1 aromatic heterocycles. The predicted molar refractivity (Wildman–Crippen MR) is 76.4 cm³/mol. The highest BCUT2D eigenvalue weighted by molar-refractivity contribution is 6.29. The third kappa shape index (κ3) is 3.92. The van der Waals surface area contributed by atoms with Gasteiger partial charge in [0, 0.05) is 31.2 Å². The zero-order chi connectivity index (χ0) is 13.9. The molecule has 0 atom stereocenters. The normalized spacial score (nSPS) is 17.4. The molecule has 3 N–H and O–H groups in total. The Morgan fingerprint density at radius 3 is 2.74 bits per heavy atom. The molecule has 0 spiro atoms. The molecule has 0 aromatic carbocycles. The van der Waals surface area contributed by atoms with E-state index >= 15 is 0 Å². The van der Waals surface area contributed by atoms with Crippen molar-refractivity contribution in [1.29, 1.82) is 0 Å². The maximum absolute atomic E-state index is 5.85. The molecule has 6 nitrogen and oxygen atoms in total. The molecule has 1 saturated heterocycles. The SMILES string of the molecule is CC(C)(CNc1cc(Cl)nc(N)n1)N1CCOCC1. The van der Waals surface area contributed by atoms with E-state index in [4.69, 9.17) is 22.1 Å². The summed E-state index contributed by atoms with van der Waals surface area (Å²) in [6.45, 7) is 8.60. The number of halogens is 1. The largest absolute Gasteiger partial charge is 0.379 e. The number of ether oxygens (including phenoxy) is 1. The molecule has 106 valence electrons. The first-order valence-corrected chi connectivity index (χ1v) is 6.72. The molecule has 2 heterocycles. The molecule has 7 heteroatoms. The second kappa shape index (κ2) is 5.90. The Kier molecular flexibility index (Phi) is 4.44. The van der Waals surface area contributed by atoms with Crippen LogP contribution in [-0.4, -0.2) is 53.3 Å². The highest BCUT2D eigenvalue weighted by Gasteiger charge is 2.28. The molecule has 19 heavy (non-hydrogen) atoms. The highest BCUT2D eigenvalue weighted by atomic mass is 35.5. The topological polar surface area (TPSA) is 76.3 Å². The Hall–Kier alpha value is -1.11. The minimum Gasteiger partial charge on any atom is -0.379 e. The number of nitrogens with zero attached hydrogens (tertiary/aromatic N) is 3. The lowest BCUT2D eigenvalue weighted by atomic mass is 10.0. The van der Waals surface area contributed by atoms with E-state index in [0.29, 0.717) is 11.0 Å². The Balaban J connectivity index is 1.96. The van der Waals surface area contributed by atoms with Gasteiger partial charge in [0.15, 0.2) is 0 Å². The Bertz CT molecular complexity index is 414. The smallest absolute Gasteiger partial charge is 0.223 e. The highest BCUT2D eigenvalue weighted by Crippen LogP contribution is 2.18. The summed E-state index contributed by atoms with van der Waals surface area (Å²) in [5, 5.41) is 3.61. The standard InChI is InChI=1S/C12H20ClN5O/c1-12(2,18-3-5-19-6-4-18)8-15-10-7-9(13)16-11(14)17-10/h7H,3-6,8H2,1-2H3,(H3,14,15,16,17). The number of hydrogen-bond donors (Lipinski definition) is 2. The van der Waals surface area contributed by atoms with E-state index in [1.54, 1.807) is 6.07 Å². The molecule has 1 aliphatic rings. The molecular weight excluding hydrogens is 266 g/mol. The average molecular weight is 286 g/mol. The van der Waals surface area contributed by atoms with Crippen molar-refractivity contribution in [2.24, 2.45) is 0 Å². The number of aromatic nitrogens is 2. The number of nitrogen functional groups attached to an aromatic ring is 1. The molecule has 1 aliphatic heterocycles. The first kappa shape index (κ1) is 14.3. The molecule has 0 amide bonds. The van der Waals surface area contributed by atoms with E-state index in [1.165, 1.54) is 0 Å². The van der Waals surface area contributed by atoms with Gasteiger partial charge in [-0.1, -0.05) is 11.6 Å². The van der Waals surface area contributed by atoms with Crippen molar-refractivity contribution < 1.29 is 4.74 Å². The number of anilines is 2. The summed E-state index contributed by atoms with van der Waals surface area (Å²) in [6, 6.07) is 1.67. The van der Waals surface area contributed by atoms with E-state index in [2.05, 4.69) is 34.0 Å². The molecule has 0 unspecified atom stereocenters. The zero-order valence-corrected chi connectivity index (χ0v) is 12.1. The van der Waals surface area contributed by atoms with E-state index < -0.39 is 0 Å². The summed E-state index contributed by atoms with van der Waals surface area (Å²) in [5.41, 5.74) is 5.58. The second-order valence-corrected chi connectivity index (χ2v) is 5.59. The van der Waals surface area contributed by atoms with Crippen LogP contribution in [0.15, 0.2) is 6.07 Å². The minimum absolute atomic E-state index is 0.00989. The van der Waals surface area contributed by atoms with Crippen LogP contribution in [0.25, 0.3) is 0 Å². The van der Waals surface area contributed by atoms with Gasteiger partial charge in [0.05, 0.1) is 13.2 Å². The molecule has 1 aromatic rings. The number of rotatable bonds is 4. The van der Waals surface area contributed by atoms with Crippen molar-refractivity contribution in [3.8, 4) is 0 Å². The Labute approximate surface area is 118 Å². The molecule has 1 fully saturated rings. The third-order valence-electron chi connectivity index (χ3n) is 3.28. The van der Waals surface area contributed by atoms with Gasteiger partial charge >= 0.3 is 0 Å². The van der Waals surface area contributed by atoms with Crippen LogP contribution in [0.3, 0.4) is 0 Å². The van der Waals surface area contributed by atoms with E-state index in [-0.39, 0.29) is 11.5 Å². The summed E-state index contributed by atoms with van der Waals surface area (Å²) in [7, 11) is 0. The molecule has 2 rings (SSSR count). The summed E-state index contributed by atoms with van der Waals surface area (Å²) in [6.07, 6.45) is 0. The minimum atomic E-state index is 0.00989. The van der Waals surface area contributed by atoms with Crippen LogP contribution < -0.4 is 11.1 Å². The van der Waals surface area contributed by atoms with Crippen molar-refractivity contribution in [2.75, 3.05) is 43.9 Å². The summed E-state index contributed by atoms with van der Waals surface area (Å²) in [5.74, 6) is 0.831. The van der Waals surface area contributed by atoms with Gasteiger partial charge in [-0.15, -0.1) is 0 Å². The number of hydrogen-bond acceptors (Lipinski definition) is 6. The maximum Gasteiger partial charge on any atom is 0.223 e. The van der Waals surface area contributed by atoms with Gasteiger partial charge in [-0.2, -0.15) is 4.98 Å². The lowest BCUT2D eigenvalue weighted by Gasteiger charge is -2.41. The van der Waals surface area contributed by atoms with Crippen molar-refractivity contribution in [2.45, 2.75) is 19.4 Å². The van der Waals surface area contributed by atoms with Crippen LogP contribution in [0.1, 0.15) is 13.8 Å². The van der Waals surface area contributed by atoms with Crippen LogP contribution >= 0.6 is 11.6 Å². The lowest BCUT2D eigenvalue weighted by molar-refractivity contribution is -0.00570. The van der Waals surface area contributed by atoms with Crippen LogP contribution in [0, 0.1) is 0 Å². The Morgan fingerprint density at radius 2 is 2.11 bits per heavy atom.